The summed E-state index contributed by atoms with van der Waals surface area (Å²) in [5.74, 6) is 1.02. The van der Waals surface area contributed by atoms with E-state index in [0.717, 1.165) is 38.6 Å². The van der Waals surface area contributed by atoms with Gasteiger partial charge in [0.05, 0.1) is 13.2 Å². The Hall–Kier alpha value is -0.810. The summed E-state index contributed by atoms with van der Waals surface area (Å²) in [4.78, 5) is 6.69. The second kappa shape index (κ2) is 8.38. The summed E-state index contributed by atoms with van der Waals surface area (Å²) in [6.45, 7) is 9.79. The Morgan fingerprint density at radius 2 is 2.11 bits per heavy atom. The van der Waals surface area contributed by atoms with Crippen molar-refractivity contribution in [3.05, 3.63) is 0 Å². The molecular formula is C14H29N3O2. The highest BCUT2D eigenvalue weighted by Crippen LogP contribution is 2.28. The lowest BCUT2D eigenvalue weighted by Gasteiger charge is -2.23. The number of guanidine groups is 1. The smallest absolute Gasteiger partial charge is 0.193 e. The molecule has 5 heteroatoms. The van der Waals surface area contributed by atoms with Gasteiger partial charge in [0.1, 0.15) is 0 Å². The number of methoxy groups -OCH3 is 1. The standard InChI is InChI=1S/C14H29N3O2/c1-14(2)6-8-17(12-14)13(15-3)16-7-5-9-19-11-10-18-4/h5-12H2,1-4H3,(H,15,16). The van der Waals surface area contributed by atoms with E-state index in [0.29, 0.717) is 18.6 Å². The van der Waals surface area contributed by atoms with Crippen LogP contribution in [0.25, 0.3) is 0 Å². The third kappa shape index (κ3) is 6.25. The van der Waals surface area contributed by atoms with Crippen LogP contribution < -0.4 is 5.32 Å². The summed E-state index contributed by atoms with van der Waals surface area (Å²) < 4.78 is 10.4. The Labute approximate surface area is 117 Å². The van der Waals surface area contributed by atoms with Gasteiger partial charge in [0.15, 0.2) is 5.96 Å². The van der Waals surface area contributed by atoms with Crippen molar-refractivity contribution in [2.45, 2.75) is 26.7 Å². The summed E-state index contributed by atoms with van der Waals surface area (Å²) in [7, 11) is 3.54. The zero-order valence-corrected chi connectivity index (χ0v) is 12.9. The molecule has 0 radical (unpaired) electrons. The van der Waals surface area contributed by atoms with Crippen LogP contribution in [0.2, 0.25) is 0 Å². The molecule has 1 aliphatic rings. The van der Waals surface area contributed by atoms with Crippen LogP contribution in [-0.2, 0) is 9.47 Å². The molecule has 0 saturated carbocycles. The predicted octanol–water partition coefficient (Wildman–Crippen LogP) is 1.35. The van der Waals surface area contributed by atoms with Crippen LogP contribution in [0.1, 0.15) is 26.7 Å². The summed E-state index contributed by atoms with van der Waals surface area (Å²) in [5.41, 5.74) is 0.404. The lowest BCUT2D eigenvalue weighted by molar-refractivity contribution is 0.0698. The molecule has 1 saturated heterocycles. The van der Waals surface area contributed by atoms with Crippen LogP contribution in [0.4, 0.5) is 0 Å². The molecule has 5 nitrogen and oxygen atoms in total. The third-order valence-electron chi connectivity index (χ3n) is 3.37. The van der Waals surface area contributed by atoms with E-state index in [9.17, 15) is 0 Å². The van der Waals surface area contributed by atoms with Gasteiger partial charge < -0.3 is 19.7 Å². The van der Waals surface area contributed by atoms with Crippen LogP contribution in [0.3, 0.4) is 0 Å². The zero-order chi connectivity index (χ0) is 14.1. The average molecular weight is 271 g/mol. The molecular weight excluding hydrogens is 242 g/mol. The summed E-state index contributed by atoms with van der Waals surface area (Å²) in [5, 5.41) is 3.40. The van der Waals surface area contributed by atoms with Gasteiger partial charge in [0.2, 0.25) is 0 Å². The number of nitrogens with one attached hydrogen (secondary N) is 1. The molecule has 0 atom stereocenters. The summed E-state index contributed by atoms with van der Waals surface area (Å²) >= 11 is 0. The first kappa shape index (κ1) is 16.2. The van der Waals surface area contributed by atoms with Gasteiger partial charge in [-0.15, -0.1) is 0 Å². The first-order chi connectivity index (χ1) is 9.09. The molecule has 1 fully saturated rings. The molecule has 0 aliphatic carbocycles. The van der Waals surface area contributed by atoms with Gasteiger partial charge >= 0.3 is 0 Å². The maximum Gasteiger partial charge on any atom is 0.193 e. The SMILES string of the molecule is CN=C(NCCCOCCOC)N1CCC(C)(C)C1. The van der Waals surface area contributed by atoms with E-state index in [2.05, 4.69) is 29.1 Å². The quantitative estimate of drug-likeness (QED) is 0.431. The fourth-order valence-electron chi connectivity index (χ4n) is 2.24. The Bertz CT molecular complexity index is 280. The lowest BCUT2D eigenvalue weighted by atomic mass is 9.93. The molecule has 0 spiro atoms. The fourth-order valence-corrected chi connectivity index (χ4v) is 2.24. The van der Waals surface area contributed by atoms with E-state index in [1.54, 1.807) is 7.11 Å². The van der Waals surface area contributed by atoms with E-state index in [1.807, 2.05) is 7.05 Å². The molecule has 1 rings (SSSR count). The minimum Gasteiger partial charge on any atom is -0.382 e. The van der Waals surface area contributed by atoms with E-state index in [1.165, 1.54) is 6.42 Å². The van der Waals surface area contributed by atoms with Crippen molar-refractivity contribution in [3.8, 4) is 0 Å². The molecule has 1 N–H and O–H groups in total. The largest absolute Gasteiger partial charge is 0.382 e. The molecule has 0 bridgehead atoms. The van der Waals surface area contributed by atoms with Gasteiger partial charge in [-0.1, -0.05) is 13.8 Å². The molecule has 1 heterocycles. The molecule has 0 aromatic carbocycles. The topological polar surface area (TPSA) is 46.1 Å². The number of nitrogens with zero attached hydrogens (tertiary/aromatic N) is 2. The maximum atomic E-state index is 5.43. The second-order valence-corrected chi connectivity index (χ2v) is 5.77. The number of hydrogen-bond acceptors (Lipinski definition) is 3. The van der Waals surface area contributed by atoms with Gasteiger partial charge in [-0.3, -0.25) is 4.99 Å². The first-order valence-corrected chi connectivity index (χ1v) is 7.11. The van der Waals surface area contributed by atoms with Crippen LogP contribution in [-0.4, -0.2) is 64.5 Å². The monoisotopic (exact) mass is 271 g/mol. The Kier molecular flexibility index (Phi) is 7.16. The van der Waals surface area contributed by atoms with E-state index < -0.39 is 0 Å². The second-order valence-electron chi connectivity index (χ2n) is 5.77. The van der Waals surface area contributed by atoms with Crippen molar-refractivity contribution in [3.63, 3.8) is 0 Å². The highest BCUT2D eigenvalue weighted by Gasteiger charge is 2.30. The van der Waals surface area contributed by atoms with Crippen molar-refractivity contribution in [1.29, 1.82) is 0 Å². The number of hydrogen-bond donors (Lipinski definition) is 1. The minimum atomic E-state index is 0.404. The maximum absolute atomic E-state index is 5.43. The fraction of sp³-hybridized carbons (Fsp3) is 0.929. The van der Waals surface area contributed by atoms with Crippen molar-refractivity contribution in [1.82, 2.24) is 10.2 Å². The number of aliphatic imine (C=N–C) groups is 1. The van der Waals surface area contributed by atoms with Gasteiger partial charge in [-0.25, -0.2) is 0 Å². The van der Waals surface area contributed by atoms with Crippen molar-refractivity contribution < 1.29 is 9.47 Å². The van der Waals surface area contributed by atoms with Crippen LogP contribution in [0.5, 0.6) is 0 Å². The van der Waals surface area contributed by atoms with E-state index in [-0.39, 0.29) is 0 Å². The number of likely N-dealkylation sites (tertiary alicyclic amines) is 1. The van der Waals surface area contributed by atoms with E-state index in [4.69, 9.17) is 9.47 Å². The van der Waals surface area contributed by atoms with Gasteiger partial charge in [-0.2, -0.15) is 0 Å². The molecule has 1 aliphatic heterocycles. The predicted molar refractivity (Wildman–Crippen MR) is 78.6 cm³/mol. The van der Waals surface area contributed by atoms with Crippen LogP contribution >= 0.6 is 0 Å². The molecule has 0 unspecified atom stereocenters. The van der Waals surface area contributed by atoms with Crippen LogP contribution in [0, 0.1) is 5.41 Å². The van der Waals surface area contributed by atoms with Crippen LogP contribution in [0.15, 0.2) is 4.99 Å². The van der Waals surface area contributed by atoms with Crippen molar-refractivity contribution >= 4 is 5.96 Å². The summed E-state index contributed by atoms with van der Waals surface area (Å²) in [6.07, 6.45) is 2.22. The lowest BCUT2D eigenvalue weighted by Crippen LogP contribution is -2.41. The van der Waals surface area contributed by atoms with E-state index >= 15 is 0 Å². The van der Waals surface area contributed by atoms with Gasteiger partial charge in [-0.05, 0) is 18.3 Å². The molecule has 0 aromatic heterocycles. The van der Waals surface area contributed by atoms with Crippen molar-refractivity contribution in [2.24, 2.45) is 10.4 Å². The highest BCUT2D eigenvalue weighted by atomic mass is 16.5. The first-order valence-electron chi connectivity index (χ1n) is 7.11. The Morgan fingerprint density at radius 3 is 2.68 bits per heavy atom. The highest BCUT2D eigenvalue weighted by molar-refractivity contribution is 5.80. The average Bonchev–Trinajstić information content (AvgIpc) is 2.73. The number of rotatable bonds is 7. The summed E-state index contributed by atoms with van der Waals surface area (Å²) in [6, 6.07) is 0. The Morgan fingerprint density at radius 1 is 1.32 bits per heavy atom. The molecule has 0 amide bonds. The van der Waals surface area contributed by atoms with Gasteiger partial charge in [0, 0.05) is 40.4 Å². The molecule has 0 aromatic rings. The molecule has 19 heavy (non-hydrogen) atoms. The zero-order valence-electron chi connectivity index (χ0n) is 12.9. The van der Waals surface area contributed by atoms with Gasteiger partial charge in [0.25, 0.3) is 0 Å². The Balaban J connectivity index is 2.13. The van der Waals surface area contributed by atoms with Crippen molar-refractivity contribution in [2.75, 3.05) is 53.6 Å². The third-order valence-corrected chi connectivity index (χ3v) is 3.37. The molecule has 112 valence electrons. The number of ether oxygens (including phenoxy) is 2. The minimum absolute atomic E-state index is 0.404. The normalized spacial score (nSPS) is 18.9.